The van der Waals surface area contributed by atoms with Gasteiger partial charge in [-0.1, -0.05) is 6.07 Å². The van der Waals surface area contributed by atoms with Gasteiger partial charge in [0, 0.05) is 33.2 Å². The monoisotopic (exact) mass is 267 g/mol. The van der Waals surface area contributed by atoms with E-state index in [4.69, 9.17) is 9.47 Å². The van der Waals surface area contributed by atoms with Gasteiger partial charge in [-0.25, -0.2) is 4.39 Å². The minimum Gasteiger partial charge on any atom is -0.381 e. The molecular formula is C15H22FNO2. The fourth-order valence-corrected chi connectivity index (χ4v) is 2.99. The number of aryl methyl sites for hydroxylation is 1. The second-order valence-corrected chi connectivity index (χ2v) is 5.16. The second-order valence-electron chi connectivity index (χ2n) is 5.16. The van der Waals surface area contributed by atoms with Crippen molar-refractivity contribution in [2.75, 3.05) is 27.4 Å². The van der Waals surface area contributed by atoms with Crippen LogP contribution in [-0.2, 0) is 9.47 Å². The van der Waals surface area contributed by atoms with Crippen LogP contribution in [0.4, 0.5) is 4.39 Å². The zero-order valence-corrected chi connectivity index (χ0v) is 11.8. The summed E-state index contributed by atoms with van der Waals surface area (Å²) in [5.41, 5.74) is 1.53. The maximum Gasteiger partial charge on any atom is 0.123 e. The maximum atomic E-state index is 13.6. The van der Waals surface area contributed by atoms with Gasteiger partial charge >= 0.3 is 0 Å². The minimum atomic E-state index is -0.326. The number of hydrogen-bond acceptors (Lipinski definition) is 3. The molecule has 0 aromatic heterocycles. The first-order valence-corrected chi connectivity index (χ1v) is 6.68. The summed E-state index contributed by atoms with van der Waals surface area (Å²) in [6.07, 6.45) is 1.62. The molecule has 1 heterocycles. The molecule has 1 unspecified atom stereocenters. The highest BCUT2D eigenvalue weighted by atomic mass is 19.1. The predicted octanol–water partition coefficient (Wildman–Crippen LogP) is 2.59. The topological polar surface area (TPSA) is 30.5 Å². The van der Waals surface area contributed by atoms with Crippen LogP contribution in [0.1, 0.15) is 30.0 Å². The molecule has 1 aromatic rings. The highest BCUT2D eigenvalue weighted by Crippen LogP contribution is 2.37. The molecule has 0 saturated carbocycles. The minimum absolute atomic E-state index is 0.0317. The van der Waals surface area contributed by atoms with Gasteiger partial charge in [0.05, 0.1) is 11.6 Å². The van der Waals surface area contributed by atoms with Gasteiger partial charge in [0.25, 0.3) is 0 Å². The summed E-state index contributed by atoms with van der Waals surface area (Å²) >= 11 is 0. The Labute approximate surface area is 114 Å². The third kappa shape index (κ3) is 2.96. The lowest BCUT2D eigenvalue weighted by Gasteiger charge is -2.42. The van der Waals surface area contributed by atoms with Gasteiger partial charge < -0.3 is 14.8 Å². The molecule has 0 radical (unpaired) electrons. The van der Waals surface area contributed by atoms with E-state index in [9.17, 15) is 4.39 Å². The van der Waals surface area contributed by atoms with Crippen LogP contribution in [0.3, 0.4) is 0 Å². The first kappa shape index (κ1) is 14.4. The third-order valence-corrected chi connectivity index (χ3v) is 3.96. The number of methoxy groups -OCH3 is 1. The van der Waals surface area contributed by atoms with Crippen LogP contribution in [0.25, 0.3) is 0 Å². The molecule has 1 aromatic carbocycles. The van der Waals surface area contributed by atoms with Crippen molar-refractivity contribution in [1.29, 1.82) is 0 Å². The van der Waals surface area contributed by atoms with Crippen LogP contribution in [0.5, 0.6) is 0 Å². The van der Waals surface area contributed by atoms with E-state index in [1.807, 2.05) is 20.0 Å². The van der Waals surface area contributed by atoms with Gasteiger partial charge in [-0.05, 0) is 37.2 Å². The van der Waals surface area contributed by atoms with Crippen LogP contribution in [-0.4, -0.2) is 33.0 Å². The second kappa shape index (κ2) is 5.99. The molecule has 1 aliphatic heterocycles. The zero-order chi connectivity index (χ0) is 13.9. The van der Waals surface area contributed by atoms with E-state index in [0.29, 0.717) is 13.2 Å². The van der Waals surface area contributed by atoms with Crippen LogP contribution < -0.4 is 5.32 Å². The highest BCUT2D eigenvalue weighted by Gasteiger charge is 2.40. The van der Waals surface area contributed by atoms with Crippen LogP contribution in [0, 0.1) is 12.7 Å². The first-order chi connectivity index (χ1) is 9.11. The molecule has 1 aliphatic rings. The summed E-state index contributed by atoms with van der Waals surface area (Å²) in [5, 5.41) is 3.29. The van der Waals surface area contributed by atoms with Crippen molar-refractivity contribution in [2.24, 2.45) is 0 Å². The average Bonchev–Trinajstić information content (AvgIpc) is 2.39. The number of nitrogens with one attached hydrogen (secondary N) is 1. The van der Waals surface area contributed by atoms with Crippen LogP contribution >= 0.6 is 0 Å². The van der Waals surface area contributed by atoms with Gasteiger partial charge in [0.1, 0.15) is 5.82 Å². The molecule has 1 saturated heterocycles. The van der Waals surface area contributed by atoms with Gasteiger partial charge in [0.2, 0.25) is 0 Å². The number of likely N-dealkylation sites (N-methyl/N-ethyl adjacent to an activating group) is 1. The Kier molecular flexibility index (Phi) is 4.55. The summed E-state index contributed by atoms with van der Waals surface area (Å²) < 4.78 is 24.9. The summed E-state index contributed by atoms with van der Waals surface area (Å²) in [7, 11) is 3.61. The van der Waals surface area contributed by atoms with Gasteiger partial charge in [0.15, 0.2) is 0 Å². The standard InChI is InChI=1S/C15H22FNO2/c1-11-8-12(10-13(16)9-11)14(17-2)15(18-3)4-6-19-7-5-15/h8-10,14,17H,4-7H2,1-3H3. The fraction of sp³-hybridized carbons (Fsp3) is 0.600. The van der Waals surface area contributed by atoms with E-state index in [0.717, 1.165) is 24.0 Å². The summed E-state index contributed by atoms with van der Waals surface area (Å²) in [5.74, 6) is -0.200. The van der Waals surface area contributed by atoms with Gasteiger partial charge in [-0.15, -0.1) is 0 Å². The molecule has 4 heteroatoms. The molecule has 3 nitrogen and oxygen atoms in total. The molecule has 1 N–H and O–H groups in total. The van der Waals surface area contributed by atoms with Crippen LogP contribution in [0.2, 0.25) is 0 Å². The van der Waals surface area contributed by atoms with E-state index in [2.05, 4.69) is 5.32 Å². The van der Waals surface area contributed by atoms with Gasteiger partial charge in [-0.2, -0.15) is 0 Å². The van der Waals surface area contributed by atoms with Crippen molar-refractivity contribution in [2.45, 2.75) is 31.4 Å². The Morgan fingerprint density at radius 3 is 2.53 bits per heavy atom. The highest BCUT2D eigenvalue weighted by molar-refractivity contribution is 5.28. The Morgan fingerprint density at radius 2 is 2.00 bits per heavy atom. The van der Waals surface area contributed by atoms with Crippen molar-refractivity contribution in [3.05, 3.63) is 35.1 Å². The van der Waals surface area contributed by atoms with Crippen molar-refractivity contribution in [1.82, 2.24) is 5.32 Å². The number of rotatable bonds is 4. The molecule has 1 fully saturated rings. The van der Waals surface area contributed by atoms with E-state index in [-0.39, 0.29) is 17.5 Å². The Morgan fingerprint density at radius 1 is 1.32 bits per heavy atom. The molecule has 0 aliphatic carbocycles. The quantitative estimate of drug-likeness (QED) is 0.909. The predicted molar refractivity (Wildman–Crippen MR) is 72.7 cm³/mol. The first-order valence-electron chi connectivity index (χ1n) is 6.68. The molecule has 19 heavy (non-hydrogen) atoms. The number of halogens is 1. The Hall–Kier alpha value is -0.970. The SMILES string of the molecule is CNC(c1cc(C)cc(F)c1)C1(OC)CCOCC1. The molecule has 2 rings (SSSR count). The van der Waals surface area contributed by atoms with Crippen molar-refractivity contribution >= 4 is 0 Å². The van der Waals surface area contributed by atoms with Crippen molar-refractivity contribution in [3.8, 4) is 0 Å². The maximum absolute atomic E-state index is 13.6. The fourth-order valence-electron chi connectivity index (χ4n) is 2.99. The number of hydrogen-bond donors (Lipinski definition) is 1. The third-order valence-electron chi connectivity index (χ3n) is 3.96. The van der Waals surface area contributed by atoms with Crippen LogP contribution in [0.15, 0.2) is 18.2 Å². The van der Waals surface area contributed by atoms with Crippen molar-refractivity contribution in [3.63, 3.8) is 0 Å². The van der Waals surface area contributed by atoms with Gasteiger partial charge in [-0.3, -0.25) is 0 Å². The summed E-state index contributed by atoms with van der Waals surface area (Å²) in [6, 6.07) is 5.11. The molecule has 0 spiro atoms. The molecule has 0 bridgehead atoms. The van der Waals surface area contributed by atoms with Crippen molar-refractivity contribution < 1.29 is 13.9 Å². The average molecular weight is 267 g/mol. The normalized spacial score (nSPS) is 20.2. The number of benzene rings is 1. The lowest BCUT2D eigenvalue weighted by atomic mass is 9.81. The smallest absolute Gasteiger partial charge is 0.123 e. The molecular weight excluding hydrogens is 245 g/mol. The Bertz CT molecular complexity index is 410. The van der Waals surface area contributed by atoms with E-state index >= 15 is 0 Å². The van der Waals surface area contributed by atoms with E-state index in [1.165, 1.54) is 0 Å². The molecule has 1 atom stereocenters. The lowest BCUT2D eigenvalue weighted by molar-refractivity contribution is -0.110. The Balaban J connectivity index is 2.36. The summed E-state index contributed by atoms with van der Waals surface area (Å²) in [4.78, 5) is 0. The zero-order valence-electron chi connectivity index (χ0n) is 11.8. The largest absolute Gasteiger partial charge is 0.381 e. The van der Waals surface area contributed by atoms with E-state index < -0.39 is 0 Å². The number of ether oxygens (including phenoxy) is 2. The molecule has 106 valence electrons. The summed E-state index contributed by atoms with van der Waals surface area (Å²) in [6.45, 7) is 3.27. The lowest BCUT2D eigenvalue weighted by Crippen LogP contribution is -2.48. The molecule has 0 amide bonds. The van der Waals surface area contributed by atoms with E-state index in [1.54, 1.807) is 19.2 Å².